The molecule has 134 valence electrons. The molecule has 0 saturated carbocycles. The average Bonchev–Trinajstić information content (AvgIpc) is 3.09. The second-order valence-electron chi connectivity index (χ2n) is 6.72. The number of amides is 1. The number of fused-ring (bicyclic) bond motifs is 1. The zero-order valence-electron chi connectivity index (χ0n) is 14.6. The molecule has 26 heavy (non-hydrogen) atoms. The van der Waals surface area contributed by atoms with Crippen LogP contribution < -0.4 is 5.56 Å². The van der Waals surface area contributed by atoms with E-state index in [1.165, 1.54) is 11.3 Å². The Balaban J connectivity index is 1.40. The van der Waals surface area contributed by atoms with Gasteiger partial charge in [-0.2, -0.15) is 5.10 Å². The molecular formula is C19H20N4O2S. The van der Waals surface area contributed by atoms with E-state index >= 15 is 0 Å². The first-order valence-electron chi connectivity index (χ1n) is 8.80. The second kappa shape index (κ2) is 6.99. The van der Waals surface area contributed by atoms with Crippen molar-refractivity contribution in [2.75, 3.05) is 13.1 Å². The third-order valence-electron chi connectivity index (χ3n) is 4.81. The minimum atomic E-state index is -0.0661. The topological polar surface area (TPSA) is 68.1 Å². The summed E-state index contributed by atoms with van der Waals surface area (Å²) in [5.41, 5.74) is 1.65. The van der Waals surface area contributed by atoms with E-state index < -0.39 is 0 Å². The van der Waals surface area contributed by atoms with Crippen molar-refractivity contribution in [2.45, 2.75) is 26.3 Å². The summed E-state index contributed by atoms with van der Waals surface area (Å²) in [6, 6.07) is 11.1. The summed E-state index contributed by atoms with van der Waals surface area (Å²) >= 11 is 1.45. The zero-order chi connectivity index (χ0) is 18.1. The highest BCUT2D eigenvalue weighted by atomic mass is 32.1. The Labute approximate surface area is 155 Å². The quantitative estimate of drug-likeness (QED) is 0.713. The number of nitrogens with zero attached hydrogens (tertiary/aromatic N) is 4. The molecule has 0 spiro atoms. The molecule has 1 fully saturated rings. The number of aryl methyl sites for hydroxylation is 1. The molecular weight excluding hydrogens is 348 g/mol. The van der Waals surface area contributed by atoms with Gasteiger partial charge in [0.1, 0.15) is 0 Å². The van der Waals surface area contributed by atoms with Gasteiger partial charge < -0.3 is 4.90 Å². The van der Waals surface area contributed by atoms with Crippen molar-refractivity contribution in [1.29, 1.82) is 0 Å². The van der Waals surface area contributed by atoms with Crippen molar-refractivity contribution in [2.24, 2.45) is 5.92 Å². The largest absolute Gasteiger partial charge is 0.337 e. The monoisotopic (exact) mass is 368 g/mol. The molecule has 1 aliphatic heterocycles. The number of rotatable bonds is 3. The molecule has 3 aromatic rings. The van der Waals surface area contributed by atoms with Gasteiger partial charge in [-0.15, -0.1) is 11.3 Å². The van der Waals surface area contributed by atoms with Crippen LogP contribution in [0.25, 0.3) is 10.2 Å². The van der Waals surface area contributed by atoms with E-state index in [1.807, 2.05) is 36.1 Å². The molecule has 0 unspecified atom stereocenters. The third kappa shape index (κ3) is 3.39. The zero-order valence-corrected chi connectivity index (χ0v) is 15.4. The van der Waals surface area contributed by atoms with E-state index in [0.29, 0.717) is 30.6 Å². The lowest BCUT2D eigenvalue weighted by Crippen LogP contribution is -2.40. The van der Waals surface area contributed by atoms with Crippen molar-refractivity contribution in [3.63, 3.8) is 0 Å². The van der Waals surface area contributed by atoms with Crippen molar-refractivity contribution < 1.29 is 4.79 Å². The van der Waals surface area contributed by atoms with Gasteiger partial charge in [0.2, 0.25) is 0 Å². The molecule has 1 amide bonds. The maximum Gasteiger partial charge on any atom is 0.282 e. The van der Waals surface area contributed by atoms with E-state index in [4.69, 9.17) is 0 Å². The standard InChI is InChI=1S/C19H20N4O2S/c1-13-6-7-17(24)23(21-13)12-14-8-10-22(11-9-14)19(25)18-20-15-4-2-3-5-16(15)26-18/h2-7,14H,8-12H2,1H3. The van der Waals surface area contributed by atoms with Crippen molar-refractivity contribution >= 4 is 27.5 Å². The van der Waals surface area contributed by atoms with Gasteiger partial charge in [-0.25, -0.2) is 9.67 Å². The molecule has 0 N–H and O–H groups in total. The number of hydrogen-bond acceptors (Lipinski definition) is 5. The maximum atomic E-state index is 12.7. The fourth-order valence-electron chi connectivity index (χ4n) is 3.34. The van der Waals surface area contributed by atoms with Gasteiger partial charge in [0, 0.05) is 25.7 Å². The summed E-state index contributed by atoms with van der Waals surface area (Å²) in [6.45, 7) is 3.89. The van der Waals surface area contributed by atoms with E-state index in [0.717, 1.165) is 28.8 Å². The lowest BCUT2D eigenvalue weighted by molar-refractivity contribution is 0.0680. The van der Waals surface area contributed by atoms with Crippen LogP contribution in [-0.4, -0.2) is 38.7 Å². The van der Waals surface area contributed by atoms with Crippen LogP contribution in [0, 0.1) is 12.8 Å². The van der Waals surface area contributed by atoms with Crippen LogP contribution >= 0.6 is 11.3 Å². The highest BCUT2D eigenvalue weighted by Gasteiger charge is 2.26. The van der Waals surface area contributed by atoms with E-state index in [2.05, 4.69) is 10.1 Å². The number of hydrogen-bond donors (Lipinski definition) is 0. The van der Waals surface area contributed by atoms with E-state index in [-0.39, 0.29) is 11.5 Å². The number of piperidine rings is 1. The van der Waals surface area contributed by atoms with Gasteiger partial charge in [-0.05, 0) is 43.9 Å². The Morgan fingerprint density at radius 3 is 2.73 bits per heavy atom. The molecule has 1 saturated heterocycles. The molecule has 0 aliphatic carbocycles. The Bertz CT molecular complexity index is 969. The summed E-state index contributed by atoms with van der Waals surface area (Å²) in [7, 11) is 0. The molecule has 0 atom stereocenters. The van der Waals surface area contributed by atoms with Crippen LogP contribution in [0.15, 0.2) is 41.2 Å². The Hall–Kier alpha value is -2.54. The first-order chi connectivity index (χ1) is 12.6. The number of para-hydroxylation sites is 1. The number of likely N-dealkylation sites (tertiary alicyclic amines) is 1. The highest BCUT2D eigenvalue weighted by molar-refractivity contribution is 7.20. The van der Waals surface area contributed by atoms with Crippen LogP contribution in [0.3, 0.4) is 0 Å². The Morgan fingerprint density at radius 1 is 1.19 bits per heavy atom. The van der Waals surface area contributed by atoms with Crippen LogP contribution in [0.4, 0.5) is 0 Å². The van der Waals surface area contributed by atoms with Crippen LogP contribution in [0.5, 0.6) is 0 Å². The predicted molar refractivity (Wildman–Crippen MR) is 101 cm³/mol. The van der Waals surface area contributed by atoms with Gasteiger partial charge >= 0.3 is 0 Å². The summed E-state index contributed by atoms with van der Waals surface area (Å²) in [5.74, 6) is 0.372. The predicted octanol–water partition coefficient (Wildman–Crippen LogP) is 2.71. The minimum Gasteiger partial charge on any atom is -0.337 e. The Kier molecular flexibility index (Phi) is 4.55. The van der Waals surface area contributed by atoms with Crippen LogP contribution in [-0.2, 0) is 6.54 Å². The van der Waals surface area contributed by atoms with Gasteiger partial charge in [-0.3, -0.25) is 9.59 Å². The van der Waals surface area contributed by atoms with Gasteiger partial charge in [0.15, 0.2) is 5.01 Å². The summed E-state index contributed by atoms with van der Waals surface area (Å²) in [4.78, 5) is 31.0. The SMILES string of the molecule is Cc1ccc(=O)n(CC2CCN(C(=O)c3nc4ccccc4s3)CC2)n1. The lowest BCUT2D eigenvalue weighted by Gasteiger charge is -2.31. The smallest absolute Gasteiger partial charge is 0.282 e. The summed E-state index contributed by atoms with van der Waals surface area (Å²) in [5, 5.41) is 4.86. The molecule has 0 radical (unpaired) electrons. The van der Waals surface area contributed by atoms with Crippen molar-refractivity contribution in [3.8, 4) is 0 Å². The van der Waals surface area contributed by atoms with Gasteiger partial charge in [0.25, 0.3) is 11.5 Å². The molecule has 1 aliphatic rings. The first kappa shape index (κ1) is 16.9. The minimum absolute atomic E-state index is 0.00972. The fourth-order valence-corrected chi connectivity index (χ4v) is 4.28. The summed E-state index contributed by atoms with van der Waals surface area (Å²) < 4.78 is 2.58. The molecule has 1 aromatic carbocycles. The molecule has 2 aromatic heterocycles. The summed E-state index contributed by atoms with van der Waals surface area (Å²) in [6.07, 6.45) is 1.75. The lowest BCUT2D eigenvalue weighted by atomic mass is 9.97. The molecule has 4 rings (SSSR count). The normalized spacial score (nSPS) is 15.5. The Morgan fingerprint density at radius 2 is 1.96 bits per heavy atom. The van der Waals surface area contributed by atoms with Gasteiger partial charge in [0.05, 0.1) is 15.9 Å². The molecule has 7 heteroatoms. The van der Waals surface area contributed by atoms with Crippen LogP contribution in [0.2, 0.25) is 0 Å². The third-order valence-corrected chi connectivity index (χ3v) is 5.83. The van der Waals surface area contributed by atoms with Crippen molar-refractivity contribution in [1.82, 2.24) is 19.7 Å². The molecule has 6 nitrogen and oxygen atoms in total. The van der Waals surface area contributed by atoms with E-state index in [9.17, 15) is 9.59 Å². The number of carbonyl (C=O) groups is 1. The maximum absolute atomic E-state index is 12.7. The van der Waals surface area contributed by atoms with Crippen LogP contribution in [0.1, 0.15) is 28.3 Å². The number of aromatic nitrogens is 3. The molecule has 3 heterocycles. The number of carbonyl (C=O) groups excluding carboxylic acids is 1. The average molecular weight is 368 g/mol. The molecule has 0 bridgehead atoms. The number of benzene rings is 1. The fraction of sp³-hybridized carbons (Fsp3) is 0.368. The second-order valence-corrected chi connectivity index (χ2v) is 7.75. The van der Waals surface area contributed by atoms with E-state index in [1.54, 1.807) is 16.8 Å². The highest BCUT2D eigenvalue weighted by Crippen LogP contribution is 2.25. The number of thiazole rings is 1. The van der Waals surface area contributed by atoms with Gasteiger partial charge in [-0.1, -0.05) is 12.1 Å². The first-order valence-corrected chi connectivity index (χ1v) is 9.61. The van der Waals surface area contributed by atoms with Crippen molar-refractivity contribution in [3.05, 3.63) is 57.5 Å².